The Morgan fingerprint density at radius 1 is 1.10 bits per heavy atom. The van der Waals surface area contributed by atoms with Gasteiger partial charge in [0.15, 0.2) is 23.2 Å². The first-order valence-corrected chi connectivity index (χ1v) is 13.4. The number of likely N-dealkylation sites (N-methyl/N-ethyl adjacent to an activating group) is 1. The third-order valence-electron chi connectivity index (χ3n) is 7.27. The number of aryl methyl sites for hydroxylation is 1. The molecular formula is C29H33F2N7O2. The van der Waals surface area contributed by atoms with Gasteiger partial charge in [-0.1, -0.05) is 6.92 Å². The fourth-order valence-corrected chi connectivity index (χ4v) is 4.80. The highest BCUT2D eigenvalue weighted by Gasteiger charge is 2.26. The van der Waals surface area contributed by atoms with E-state index in [2.05, 4.69) is 37.0 Å². The fraction of sp³-hybridized carbons (Fsp3) is 0.345. The van der Waals surface area contributed by atoms with Crippen LogP contribution in [0.15, 0.2) is 42.7 Å². The lowest BCUT2D eigenvalue weighted by Crippen LogP contribution is -2.46. The quantitative estimate of drug-likeness (QED) is 0.308. The van der Waals surface area contributed by atoms with E-state index in [4.69, 9.17) is 4.74 Å². The van der Waals surface area contributed by atoms with Crippen LogP contribution in [0.4, 0.5) is 26.0 Å². The van der Waals surface area contributed by atoms with E-state index in [1.54, 1.807) is 14.0 Å². The number of piperazine rings is 1. The summed E-state index contributed by atoms with van der Waals surface area (Å²) in [6.45, 7) is 11.1. The van der Waals surface area contributed by atoms with Crippen LogP contribution in [-0.2, 0) is 0 Å². The lowest BCUT2D eigenvalue weighted by Gasteiger charge is -2.35. The first-order chi connectivity index (χ1) is 19.3. The molecule has 2 aromatic heterocycles. The molecule has 0 radical (unpaired) electrons. The maximum Gasteiger partial charge on any atom is 0.262 e. The average Bonchev–Trinajstić information content (AvgIpc) is 3.38. The largest absolute Gasteiger partial charge is 0.435 e. The molecule has 9 nitrogen and oxygen atoms in total. The summed E-state index contributed by atoms with van der Waals surface area (Å²) in [6, 6.07) is 10.3. The Hall–Kier alpha value is -4.25. The number of H-pyrrole nitrogens is 1. The van der Waals surface area contributed by atoms with Gasteiger partial charge < -0.3 is 29.7 Å². The fourth-order valence-electron chi connectivity index (χ4n) is 4.80. The van der Waals surface area contributed by atoms with Crippen molar-refractivity contribution in [2.24, 2.45) is 0 Å². The SMILES string of the molecule is CCN1CCN(c2ccc(Nc3ncnc(Oc4cc(F)c5[nH]c(C)cc5c4F)c3C(=O)N(C)CC)cc2)CC1. The van der Waals surface area contributed by atoms with Crippen LogP contribution in [0.3, 0.4) is 0 Å². The van der Waals surface area contributed by atoms with E-state index < -0.39 is 17.5 Å². The van der Waals surface area contributed by atoms with Crippen LogP contribution in [-0.4, -0.2) is 77.0 Å². The molecule has 5 rings (SSSR count). The Morgan fingerprint density at radius 3 is 2.50 bits per heavy atom. The van der Waals surface area contributed by atoms with Crippen molar-refractivity contribution < 1.29 is 18.3 Å². The van der Waals surface area contributed by atoms with Crippen molar-refractivity contribution in [1.82, 2.24) is 24.8 Å². The minimum Gasteiger partial charge on any atom is -0.435 e. The molecule has 0 aliphatic carbocycles. The Kier molecular flexibility index (Phi) is 7.83. The maximum atomic E-state index is 15.3. The molecular weight excluding hydrogens is 516 g/mol. The van der Waals surface area contributed by atoms with E-state index in [0.29, 0.717) is 17.9 Å². The molecule has 4 aromatic rings. The first-order valence-electron chi connectivity index (χ1n) is 13.4. The molecule has 2 N–H and O–H groups in total. The van der Waals surface area contributed by atoms with E-state index in [-0.39, 0.29) is 33.9 Å². The molecule has 3 heterocycles. The minimum atomic E-state index is -0.758. The number of benzene rings is 2. The van der Waals surface area contributed by atoms with Gasteiger partial charge in [0.1, 0.15) is 11.9 Å². The third-order valence-corrected chi connectivity index (χ3v) is 7.27. The highest BCUT2D eigenvalue weighted by molar-refractivity contribution is 6.01. The Balaban J connectivity index is 1.45. The van der Waals surface area contributed by atoms with Crippen LogP contribution < -0.4 is 15.0 Å². The number of ether oxygens (including phenoxy) is 1. The van der Waals surface area contributed by atoms with Crippen LogP contribution >= 0.6 is 0 Å². The van der Waals surface area contributed by atoms with Gasteiger partial charge in [-0.15, -0.1) is 0 Å². The molecule has 2 aromatic carbocycles. The predicted molar refractivity (Wildman–Crippen MR) is 152 cm³/mol. The molecule has 0 spiro atoms. The Bertz CT molecular complexity index is 1520. The van der Waals surface area contributed by atoms with Gasteiger partial charge in [-0.2, -0.15) is 0 Å². The number of hydrogen-bond donors (Lipinski definition) is 2. The zero-order chi connectivity index (χ0) is 28.4. The number of hydrogen-bond acceptors (Lipinski definition) is 7. The lowest BCUT2D eigenvalue weighted by atomic mass is 10.2. The molecule has 0 saturated carbocycles. The second-order valence-corrected chi connectivity index (χ2v) is 9.83. The third kappa shape index (κ3) is 5.42. The normalized spacial score (nSPS) is 14.0. The average molecular weight is 550 g/mol. The van der Waals surface area contributed by atoms with Crippen molar-refractivity contribution in [2.45, 2.75) is 20.8 Å². The highest BCUT2D eigenvalue weighted by Crippen LogP contribution is 2.35. The predicted octanol–water partition coefficient (Wildman–Crippen LogP) is 5.31. The van der Waals surface area contributed by atoms with Gasteiger partial charge in [-0.25, -0.2) is 18.7 Å². The van der Waals surface area contributed by atoms with Crippen molar-refractivity contribution in [3.05, 3.63) is 65.6 Å². The summed E-state index contributed by atoms with van der Waals surface area (Å²) in [5.41, 5.74) is 2.48. The van der Waals surface area contributed by atoms with Gasteiger partial charge in [0.2, 0.25) is 5.88 Å². The van der Waals surface area contributed by atoms with E-state index in [1.165, 1.54) is 17.3 Å². The molecule has 1 aliphatic heterocycles. The van der Waals surface area contributed by atoms with E-state index >= 15 is 4.39 Å². The van der Waals surface area contributed by atoms with Gasteiger partial charge in [0.25, 0.3) is 5.91 Å². The number of rotatable bonds is 8. The Morgan fingerprint density at radius 2 is 1.82 bits per heavy atom. The smallest absolute Gasteiger partial charge is 0.262 e. The van der Waals surface area contributed by atoms with Crippen molar-refractivity contribution in [2.75, 3.05) is 56.5 Å². The van der Waals surface area contributed by atoms with Crippen LogP contribution in [0.5, 0.6) is 11.6 Å². The number of amides is 1. The summed E-state index contributed by atoms with van der Waals surface area (Å²) in [5, 5.41) is 3.24. The lowest BCUT2D eigenvalue weighted by molar-refractivity contribution is 0.0799. The molecule has 1 fully saturated rings. The number of aromatic nitrogens is 3. The van der Waals surface area contributed by atoms with Gasteiger partial charge in [-0.3, -0.25) is 4.79 Å². The summed E-state index contributed by atoms with van der Waals surface area (Å²) in [4.78, 5) is 30.9. The number of carbonyl (C=O) groups is 1. The minimum absolute atomic E-state index is 0.0109. The van der Waals surface area contributed by atoms with Crippen molar-refractivity contribution in [3.63, 3.8) is 0 Å². The number of carbonyl (C=O) groups excluding carboxylic acids is 1. The number of nitrogens with one attached hydrogen (secondary N) is 2. The summed E-state index contributed by atoms with van der Waals surface area (Å²) in [7, 11) is 1.63. The number of fused-ring (bicyclic) bond motifs is 1. The Labute approximate surface area is 231 Å². The zero-order valence-corrected chi connectivity index (χ0v) is 23.1. The van der Waals surface area contributed by atoms with Crippen LogP contribution in [0, 0.1) is 18.6 Å². The number of nitrogens with zero attached hydrogens (tertiary/aromatic N) is 5. The van der Waals surface area contributed by atoms with E-state index in [9.17, 15) is 9.18 Å². The molecule has 0 atom stereocenters. The van der Waals surface area contributed by atoms with Gasteiger partial charge in [0, 0.05) is 68.3 Å². The molecule has 0 unspecified atom stereocenters. The topological polar surface area (TPSA) is 89.6 Å². The van der Waals surface area contributed by atoms with Crippen molar-refractivity contribution in [1.29, 1.82) is 0 Å². The van der Waals surface area contributed by atoms with Crippen LogP contribution in [0.2, 0.25) is 0 Å². The molecule has 1 amide bonds. The maximum absolute atomic E-state index is 15.3. The van der Waals surface area contributed by atoms with Crippen LogP contribution in [0.1, 0.15) is 29.9 Å². The summed E-state index contributed by atoms with van der Waals surface area (Å²) < 4.78 is 35.8. The van der Waals surface area contributed by atoms with Gasteiger partial charge in [0.05, 0.1) is 5.52 Å². The number of halogens is 2. The monoisotopic (exact) mass is 549 g/mol. The first kappa shape index (κ1) is 27.3. The molecule has 11 heteroatoms. The summed E-state index contributed by atoms with van der Waals surface area (Å²) in [6.07, 6.45) is 1.22. The molecule has 1 saturated heterocycles. The van der Waals surface area contributed by atoms with E-state index in [0.717, 1.165) is 44.5 Å². The number of aromatic amines is 1. The molecule has 40 heavy (non-hydrogen) atoms. The molecule has 210 valence electrons. The van der Waals surface area contributed by atoms with Crippen molar-refractivity contribution >= 4 is 34.0 Å². The van der Waals surface area contributed by atoms with Crippen molar-refractivity contribution in [3.8, 4) is 11.6 Å². The van der Waals surface area contributed by atoms with Gasteiger partial charge >= 0.3 is 0 Å². The van der Waals surface area contributed by atoms with Crippen LogP contribution in [0.25, 0.3) is 10.9 Å². The van der Waals surface area contributed by atoms with E-state index in [1.807, 2.05) is 31.2 Å². The summed E-state index contributed by atoms with van der Waals surface area (Å²) in [5.74, 6) is -2.23. The second kappa shape index (κ2) is 11.5. The van der Waals surface area contributed by atoms with Gasteiger partial charge in [-0.05, 0) is 50.7 Å². The molecule has 0 bridgehead atoms. The standard InChI is InChI=1S/C29H33F2N7O2/c1-5-36(4)29(39)24-27(35-19-7-9-20(10-8-19)38-13-11-37(6-2)12-14-38)32-17-33-28(24)40-23-16-22(30)26-21(25(23)31)15-18(3)34-26/h7-10,15-17,34H,5-6,11-14H2,1-4H3,(H,32,33,35). The zero-order valence-electron chi connectivity index (χ0n) is 23.1. The molecule has 1 aliphatic rings. The second-order valence-electron chi connectivity index (χ2n) is 9.83. The number of anilines is 3. The summed E-state index contributed by atoms with van der Waals surface area (Å²) >= 11 is 0. The highest BCUT2D eigenvalue weighted by atomic mass is 19.1.